The molecular weight excluding hydrogens is 254 g/mol. The number of rotatable bonds is 6. The van der Waals surface area contributed by atoms with Crippen LogP contribution in [0.4, 0.5) is 0 Å². The summed E-state index contributed by atoms with van der Waals surface area (Å²) in [5.74, 6) is 0. The number of aliphatic hydroxyl groups is 2. The van der Waals surface area contributed by atoms with Crippen LogP contribution in [0.3, 0.4) is 0 Å². The van der Waals surface area contributed by atoms with Gasteiger partial charge in [-0.2, -0.15) is 5.10 Å². The molecule has 2 N–H and O–H groups in total. The van der Waals surface area contributed by atoms with E-state index in [1.54, 1.807) is 4.68 Å². The van der Waals surface area contributed by atoms with E-state index in [1.807, 2.05) is 32.8 Å². The summed E-state index contributed by atoms with van der Waals surface area (Å²) in [5.41, 5.74) is 1.39. The van der Waals surface area contributed by atoms with Gasteiger partial charge in [0.05, 0.1) is 18.9 Å². The molecule has 104 valence electrons. The van der Waals surface area contributed by atoms with E-state index in [-0.39, 0.29) is 13.2 Å². The van der Waals surface area contributed by atoms with E-state index < -0.39 is 5.41 Å². The van der Waals surface area contributed by atoms with Crippen LogP contribution in [0.5, 0.6) is 0 Å². The molecule has 18 heavy (non-hydrogen) atoms. The summed E-state index contributed by atoms with van der Waals surface area (Å²) in [5, 5.41) is 23.5. The minimum absolute atomic E-state index is 0.0480. The third-order valence-corrected chi connectivity index (χ3v) is 3.59. The summed E-state index contributed by atoms with van der Waals surface area (Å²) < 4.78 is 1.65. The molecule has 0 unspecified atom stereocenters. The monoisotopic (exact) mass is 275 g/mol. The molecule has 5 nitrogen and oxygen atoms in total. The maximum atomic E-state index is 9.28. The van der Waals surface area contributed by atoms with Gasteiger partial charge in [0, 0.05) is 31.1 Å². The number of hydrogen-bond acceptors (Lipinski definition) is 4. The van der Waals surface area contributed by atoms with Gasteiger partial charge in [0.25, 0.3) is 0 Å². The van der Waals surface area contributed by atoms with Gasteiger partial charge >= 0.3 is 0 Å². The zero-order valence-electron chi connectivity index (χ0n) is 11.4. The highest BCUT2D eigenvalue weighted by atomic mass is 35.5. The van der Waals surface area contributed by atoms with Crippen LogP contribution in [-0.2, 0) is 13.6 Å². The summed E-state index contributed by atoms with van der Waals surface area (Å²) in [7, 11) is 3.75. The summed E-state index contributed by atoms with van der Waals surface area (Å²) in [6.45, 7) is 4.91. The summed E-state index contributed by atoms with van der Waals surface area (Å²) in [4.78, 5) is 2.03. The molecule has 1 aromatic heterocycles. The summed E-state index contributed by atoms with van der Waals surface area (Å²) in [6, 6.07) is 0. The van der Waals surface area contributed by atoms with Crippen molar-refractivity contribution < 1.29 is 10.2 Å². The Morgan fingerprint density at radius 2 is 1.94 bits per heavy atom. The van der Waals surface area contributed by atoms with E-state index in [2.05, 4.69) is 5.10 Å². The molecule has 6 heteroatoms. The highest BCUT2D eigenvalue weighted by Gasteiger charge is 2.25. The number of hydrogen-bond donors (Lipinski definition) is 2. The van der Waals surface area contributed by atoms with Gasteiger partial charge < -0.3 is 15.1 Å². The third kappa shape index (κ3) is 3.45. The number of aliphatic hydroxyl groups excluding tert-OH is 2. The molecule has 0 amide bonds. The second-order valence-electron chi connectivity index (χ2n) is 5.28. The van der Waals surface area contributed by atoms with Crippen LogP contribution < -0.4 is 0 Å². The highest BCUT2D eigenvalue weighted by Crippen LogP contribution is 2.22. The average molecular weight is 276 g/mol. The lowest BCUT2D eigenvalue weighted by Crippen LogP contribution is -2.38. The van der Waals surface area contributed by atoms with Crippen LogP contribution in [0.15, 0.2) is 0 Å². The SMILES string of the molecule is Cc1nn(C)c(Cl)c1CN(C)CC(C)(CO)CO. The molecule has 0 spiro atoms. The molecule has 0 aliphatic carbocycles. The maximum absolute atomic E-state index is 9.28. The molecule has 0 atom stereocenters. The average Bonchev–Trinajstić information content (AvgIpc) is 2.56. The van der Waals surface area contributed by atoms with Crippen molar-refractivity contribution in [2.45, 2.75) is 20.4 Å². The van der Waals surface area contributed by atoms with E-state index in [9.17, 15) is 10.2 Å². The molecule has 0 fully saturated rings. The summed E-state index contributed by atoms with van der Waals surface area (Å²) >= 11 is 6.17. The van der Waals surface area contributed by atoms with Crippen molar-refractivity contribution >= 4 is 11.6 Å². The number of aryl methyl sites for hydroxylation is 2. The van der Waals surface area contributed by atoms with Crippen LogP contribution in [0.25, 0.3) is 0 Å². The van der Waals surface area contributed by atoms with E-state index >= 15 is 0 Å². The van der Waals surface area contributed by atoms with Crippen LogP contribution in [0, 0.1) is 12.3 Å². The lowest BCUT2D eigenvalue weighted by Gasteiger charge is -2.30. The fourth-order valence-corrected chi connectivity index (χ4v) is 2.22. The lowest BCUT2D eigenvalue weighted by molar-refractivity contribution is 0.0401. The molecule has 0 saturated heterocycles. The lowest BCUT2D eigenvalue weighted by atomic mass is 9.92. The third-order valence-electron chi connectivity index (χ3n) is 3.11. The molecule has 1 rings (SSSR count). The van der Waals surface area contributed by atoms with Crippen molar-refractivity contribution in [2.75, 3.05) is 26.8 Å². The predicted octanol–water partition coefficient (Wildman–Crippen LogP) is 0.805. The quantitative estimate of drug-likeness (QED) is 0.806. The van der Waals surface area contributed by atoms with E-state index in [0.29, 0.717) is 18.2 Å². The van der Waals surface area contributed by atoms with Crippen molar-refractivity contribution in [1.82, 2.24) is 14.7 Å². The van der Waals surface area contributed by atoms with Crippen molar-refractivity contribution in [1.29, 1.82) is 0 Å². The van der Waals surface area contributed by atoms with Crippen LogP contribution in [0.2, 0.25) is 5.15 Å². The number of aromatic nitrogens is 2. The van der Waals surface area contributed by atoms with Gasteiger partial charge in [-0.1, -0.05) is 18.5 Å². The largest absolute Gasteiger partial charge is 0.396 e. The maximum Gasteiger partial charge on any atom is 0.131 e. The number of nitrogens with zero attached hydrogens (tertiary/aromatic N) is 3. The van der Waals surface area contributed by atoms with E-state index in [4.69, 9.17) is 11.6 Å². The molecule has 0 aliphatic rings. The Labute approximate surface area is 113 Å². The summed E-state index contributed by atoms with van der Waals surface area (Å²) in [6.07, 6.45) is 0. The fraction of sp³-hybridized carbons (Fsp3) is 0.750. The van der Waals surface area contributed by atoms with Crippen molar-refractivity contribution in [2.24, 2.45) is 12.5 Å². The van der Waals surface area contributed by atoms with E-state index in [0.717, 1.165) is 11.3 Å². The van der Waals surface area contributed by atoms with E-state index in [1.165, 1.54) is 0 Å². The Kier molecular flexibility index (Phi) is 5.16. The van der Waals surface area contributed by atoms with Crippen LogP contribution in [0.1, 0.15) is 18.2 Å². The minimum Gasteiger partial charge on any atom is -0.396 e. The molecule has 0 bridgehead atoms. The number of halogens is 1. The van der Waals surface area contributed by atoms with Crippen LogP contribution in [-0.4, -0.2) is 51.7 Å². The smallest absolute Gasteiger partial charge is 0.131 e. The van der Waals surface area contributed by atoms with Gasteiger partial charge in [-0.3, -0.25) is 4.68 Å². The molecule has 1 aromatic rings. The molecule has 0 saturated carbocycles. The van der Waals surface area contributed by atoms with Crippen molar-refractivity contribution in [3.63, 3.8) is 0 Å². The van der Waals surface area contributed by atoms with Crippen molar-refractivity contribution in [3.05, 3.63) is 16.4 Å². The van der Waals surface area contributed by atoms with Gasteiger partial charge in [0.15, 0.2) is 0 Å². The molecular formula is C12H22ClN3O2. The molecule has 0 aliphatic heterocycles. The molecule has 0 radical (unpaired) electrons. The zero-order chi connectivity index (χ0) is 13.9. The fourth-order valence-electron chi connectivity index (χ4n) is 1.98. The van der Waals surface area contributed by atoms with Gasteiger partial charge in [-0.15, -0.1) is 0 Å². The van der Waals surface area contributed by atoms with Gasteiger partial charge in [-0.05, 0) is 14.0 Å². The minimum atomic E-state index is -0.503. The zero-order valence-corrected chi connectivity index (χ0v) is 12.2. The van der Waals surface area contributed by atoms with Gasteiger partial charge in [0.2, 0.25) is 0 Å². The van der Waals surface area contributed by atoms with Crippen molar-refractivity contribution in [3.8, 4) is 0 Å². The highest BCUT2D eigenvalue weighted by molar-refractivity contribution is 6.30. The Morgan fingerprint density at radius 3 is 2.33 bits per heavy atom. The second-order valence-corrected chi connectivity index (χ2v) is 5.64. The Morgan fingerprint density at radius 1 is 1.39 bits per heavy atom. The Hall–Kier alpha value is -0.620. The topological polar surface area (TPSA) is 61.5 Å². The first-order valence-corrected chi connectivity index (χ1v) is 6.29. The first-order valence-electron chi connectivity index (χ1n) is 5.91. The second kappa shape index (κ2) is 6.02. The normalized spacial score (nSPS) is 12.4. The first-order chi connectivity index (χ1) is 8.33. The first kappa shape index (κ1) is 15.4. The molecule has 0 aromatic carbocycles. The van der Waals surface area contributed by atoms with Gasteiger partial charge in [-0.25, -0.2) is 0 Å². The molecule has 1 heterocycles. The Bertz CT molecular complexity index is 402. The Balaban J connectivity index is 2.73. The standard InChI is InChI=1S/C12H22ClN3O2/c1-9-10(11(13)16(4)14-9)5-15(3)6-12(2,7-17)8-18/h17-18H,5-8H2,1-4H3. The van der Waals surface area contributed by atoms with Crippen LogP contribution >= 0.6 is 11.6 Å². The van der Waals surface area contributed by atoms with Gasteiger partial charge in [0.1, 0.15) is 5.15 Å². The predicted molar refractivity (Wildman–Crippen MR) is 71.6 cm³/mol.